The molecule has 0 spiro atoms. The van der Waals surface area contributed by atoms with Crippen molar-refractivity contribution in [1.29, 1.82) is 0 Å². The van der Waals surface area contributed by atoms with Gasteiger partial charge in [-0.25, -0.2) is 0 Å². The van der Waals surface area contributed by atoms with E-state index in [1.165, 1.54) is 12.8 Å². The summed E-state index contributed by atoms with van der Waals surface area (Å²) in [6, 6.07) is 0.198. The van der Waals surface area contributed by atoms with Crippen LogP contribution < -0.4 is 5.32 Å². The maximum absolute atomic E-state index is 12.7. The molecule has 0 radical (unpaired) electrons. The van der Waals surface area contributed by atoms with Crippen molar-refractivity contribution in [2.24, 2.45) is 11.8 Å². The lowest BCUT2D eigenvalue weighted by Gasteiger charge is -2.27. The predicted octanol–water partition coefficient (Wildman–Crippen LogP) is 4.79. The maximum atomic E-state index is 12.7. The zero-order chi connectivity index (χ0) is 17.5. The Morgan fingerprint density at radius 1 is 0.917 bits per heavy atom. The molecule has 1 amide bonds. The van der Waals surface area contributed by atoms with E-state index < -0.39 is 17.8 Å². The van der Waals surface area contributed by atoms with Gasteiger partial charge in [-0.2, -0.15) is 0 Å². The molecule has 2 aliphatic carbocycles. The van der Waals surface area contributed by atoms with Crippen LogP contribution in [0.4, 0.5) is 0 Å². The van der Waals surface area contributed by atoms with Crippen molar-refractivity contribution in [2.45, 2.75) is 57.4 Å². The molecule has 1 N–H and O–H groups in total. The molecule has 0 saturated heterocycles. The summed E-state index contributed by atoms with van der Waals surface area (Å²) in [6.07, 6.45) is 11.5. The summed E-state index contributed by atoms with van der Waals surface area (Å²) in [7, 11) is 0. The van der Waals surface area contributed by atoms with E-state index in [-0.39, 0.29) is 21.7 Å². The van der Waals surface area contributed by atoms with Crippen molar-refractivity contribution in [3.05, 3.63) is 21.9 Å². The molecule has 2 atom stereocenters. The number of allylic oxidation sites excluding steroid dienone is 2. The Morgan fingerprint density at radius 3 is 2.08 bits per heavy atom. The maximum Gasteiger partial charge on any atom is 0.316 e. The highest BCUT2D eigenvalue weighted by Crippen LogP contribution is 2.30. The standard InChI is InChI=1S/C17H22Cl3NO3/c18-14(19)15(20)24-17(23)13-10-6-5-9-12(13)16(22)21-11-7-3-1-2-4-8-11/h5-6,11-13H,1-4,7-10H2,(H,21,22)/t12-,13+/m0/s1. The van der Waals surface area contributed by atoms with Gasteiger partial charge in [0.05, 0.1) is 11.8 Å². The van der Waals surface area contributed by atoms with Crippen LogP contribution in [0.15, 0.2) is 21.9 Å². The summed E-state index contributed by atoms with van der Waals surface area (Å²) < 4.78 is 4.66. The minimum atomic E-state index is -0.581. The third-order valence-corrected chi connectivity index (χ3v) is 5.42. The van der Waals surface area contributed by atoms with Gasteiger partial charge in [-0.1, -0.05) is 61.0 Å². The monoisotopic (exact) mass is 393 g/mol. The van der Waals surface area contributed by atoms with E-state index in [4.69, 9.17) is 39.5 Å². The fourth-order valence-corrected chi connectivity index (χ4v) is 3.45. The summed E-state index contributed by atoms with van der Waals surface area (Å²) in [5.41, 5.74) is 0. The first-order valence-electron chi connectivity index (χ1n) is 8.37. The summed E-state index contributed by atoms with van der Waals surface area (Å²) in [5, 5.41) is 2.75. The van der Waals surface area contributed by atoms with Crippen LogP contribution in [0.3, 0.4) is 0 Å². The van der Waals surface area contributed by atoms with Crippen LogP contribution in [0.2, 0.25) is 0 Å². The summed E-state index contributed by atoms with van der Waals surface area (Å²) in [4.78, 5) is 25.0. The van der Waals surface area contributed by atoms with Crippen molar-refractivity contribution in [3.63, 3.8) is 0 Å². The Hall–Kier alpha value is -0.710. The van der Waals surface area contributed by atoms with Gasteiger partial charge in [0.2, 0.25) is 11.1 Å². The molecular weight excluding hydrogens is 373 g/mol. The topological polar surface area (TPSA) is 55.4 Å². The Morgan fingerprint density at radius 2 is 1.50 bits per heavy atom. The molecule has 24 heavy (non-hydrogen) atoms. The number of amides is 1. The zero-order valence-electron chi connectivity index (χ0n) is 13.4. The largest absolute Gasteiger partial charge is 0.411 e. The Labute approximate surface area is 157 Å². The second kappa shape index (κ2) is 9.69. The highest BCUT2D eigenvalue weighted by molar-refractivity contribution is 6.59. The Balaban J connectivity index is 2.00. The van der Waals surface area contributed by atoms with Crippen molar-refractivity contribution < 1.29 is 14.3 Å². The van der Waals surface area contributed by atoms with Crippen molar-refractivity contribution in [2.75, 3.05) is 0 Å². The van der Waals surface area contributed by atoms with Crippen molar-refractivity contribution in [1.82, 2.24) is 5.32 Å². The molecule has 0 aromatic heterocycles. The van der Waals surface area contributed by atoms with E-state index in [2.05, 4.69) is 5.32 Å². The molecule has 2 rings (SSSR count). The first-order valence-corrected chi connectivity index (χ1v) is 9.50. The molecule has 0 bridgehead atoms. The number of esters is 1. The highest BCUT2D eigenvalue weighted by Gasteiger charge is 2.36. The number of carbonyl (C=O) groups excluding carboxylic acids is 2. The van der Waals surface area contributed by atoms with Crippen LogP contribution in [0, 0.1) is 11.8 Å². The van der Waals surface area contributed by atoms with Gasteiger partial charge in [0.15, 0.2) is 4.49 Å². The molecule has 0 aromatic carbocycles. The SMILES string of the molecule is O=C(NC1CCCCCC1)[C@H]1CC=CC[C@H]1C(=O)OC(Cl)=C(Cl)Cl. The fraction of sp³-hybridized carbons (Fsp3) is 0.647. The second-order valence-electron chi connectivity index (χ2n) is 6.31. The second-order valence-corrected chi connectivity index (χ2v) is 7.60. The molecule has 0 unspecified atom stereocenters. The lowest BCUT2D eigenvalue weighted by Crippen LogP contribution is -2.43. The average molecular weight is 395 g/mol. The number of hydrogen-bond donors (Lipinski definition) is 1. The summed E-state index contributed by atoms with van der Waals surface area (Å²) in [6.45, 7) is 0. The first kappa shape index (κ1) is 19.6. The van der Waals surface area contributed by atoms with Crippen LogP contribution in [0.5, 0.6) is 0 Å². The Bertz CT molecular complexity index is 521. The molecule has 7 heteroatoms. The van der Waals surface area contributed by atoms with E-state index in [0.29, 0.717) is 12.8 Å². The predicted molar refractivity (Wildman–Crippen MR) is 95.7 cm³/mol. The minimum absolute atomic E-state index is 0.0923. The number of rotatable bonds is 4. The summed E-state index contributed by atoms with van der Waals surface area (Å²) >= 11 is 16.7. The number of halogens is 3. The zero-order valence-corrected chi connectivity index (χ0v) is 15.7. The normalized spacial score (nSPS) is 24.8. The van der Waals surface area contributed by atoms with E-state index in [9.17, 15) is 9.59 Å². The average Bonchev–Trinajstić information content (AvgIpc) is 2.83. The first-order chi connectivity index (χ1) is 11.5. The lowest BCUT2D eigenvalue weighted by molar-refractivity contribution is -0.148. The Kier molecular flexibility index (Phi) is 7.92. The van der Waals surface area contributed by atoms with Gasteiger partial charge in [-0.05, 0) is 37.3 Å². The quantitative estimate of drug-likeness (QED) is 0.323. The third kappa shape index (κ3) is 5.68. The molecule has 2 aliphatic rings. The lowest BCUT2D eigenvalue weighted by atomic mass is 9.82. The van der Waals surface area contributed by atoms with Crippen LogP contribution >= 0.6 is 34.8 Å². The minimum Gasteiger partial charge on any atom is -0.411 e. The number of carbonyl (C=O) groups is 2. The smallest absolute Gasteiger partial charge is 0.316 e. The molecule has 0 aromatic rings. The molecule has 1 saturated carbocycles. The van der Waals surface area contributed by atoms with Gasteiger partial charge < -0.3 is 10.1 Å². The van der Waals surface area contributed by atoms with Crippen LogP contribution in [0.25, 0.3) is 0 Å². The van der Waals surface area contributed by atoms with Gasteiger partial charge in [0, 0.05) is 6.04 Å². The third-order valence-electron chi connectivity index (χ3n) is 4.61. The van der Waals surface area contributed by atoms with E-state index in [1.54, 1.807) is 0 Å². The van der Waals surface area contributed by atoms with Gasteiger partial charge >= 0.3 is 5.97 Å². The number of hydrogen-bond acceptors (Lipinski definition) is 3. The van der Waals surface area contributed by atoms with Crippen LogP contribution in [0.1, 0.15) is 51.4 Å². The highest BCUT2D eigenvalue weighted by atomic mass is 35.5. The number of ether oxygens (including phenoxy) is 1. The van der Waals surface area contributed by atoms with Crippen LogP contribution in [-0.2, 0) is 14.3 Å². The molecular formula is C17H22Cl3NO3. The molecule has 1 fully saturated rings. The molecule has 4 nitrogen and oxygen atoms in total. The van der Waals surface area contributed by atoms with Crippen molar-refractivity contribution in [3.8, 4) is 0 Å². The molecule has 0 aliphatic heterocycles. The van der Waals surface area contributed by atoms with Gasteiger partial charge in [-0.3, -0.25) is 9.59 Å². The molecule has 134 valence electrons. The van der Waals surface area contributed by atoms with E-state index in [0.717, 1.165) is 25.7 Å². The van der Waals surface area contributed by atoms with Gasteiger partial charge in [-0.15, -0.1) is 0 Å². The van der Waals surface area contributed by atoms with Gasteiger partial charge in [0.1, 0.15) is 0 Å². The van der Waals surface area contributed by atoms with E-state index >= 15 is 0 Å². The van der Waals surface area contributed by atoms with Crippen molar-refractivity contribution >= 4 is 46.7 Å². The number of nitrogens with one attached hydrogen (secondary N) is 1. The van der Waals surface area contributed by atoms with Crippen LogP contribution in [-0.4, -0.2) is 17.9 Å². The molecule has 0 heterocycles. The van der Waals surface area contributed by atoms with Gasteiger partial charge in [0.25, 0.3) is 0 Å². The summed E-state index contributed by atoms with van der Waals surface area (Å²) in [5.74, 6) is -1.71. The fourth-order valence-electron chi connectivity index (χ4n) is 3.30. The van der Waals surface area contributed by atoms with E-state index in [1.807, 2.05) is 12.2 Å².